The lowest BCUT2D eigenvalue weighted by atomic mass is 9.85. The molecule has 1 saturated heterocycles. The van der Waals surface area contributed by atoms with E-state index in [9.17, 15) is 4.79 Å². The van der Waals surface area contributed by atoms with Gasteiger partial charge in [0.1, 0.15) is 0 Å². The highest BCUT2D eigenvalue weighted by molar-refractivity contribution is 5.73. The molecule has 2 atom stereocenters. The van der Waals surface area contributed by atoms with Crippen LogP contribution < -0.4 is 5.32 Å². The number of benzene rings is 1. The molecule has 1 heterocycles. The molecule has 2 unspecified atom stereocenters. The molecule has 1 aromatic carbocycles. The molecule has 1 aromatic rings. The molecule has 0 aromatic heterocycles. The molecule has 1 fully saturated rings. The number of hydrogen-bond acceptors (Lipinski definition) is 3. The van der Waals surface area contributed by atoms with Gasteiger partial charge in [-0.05, 0) is 52.0 Å². The van der Waals surface area contributed by atoms with Crippen LogP contribution in [0, 0.1) is 5.92 Å². The van der Waals surface area contributed by atoms with E-state index in [-0.39, 0.29) is 6.03 Å². The summed E-state index contributed by atoms with van der Waals surface area (Å²) in [4.78, 5) is 18.6. The van der Waals surface area contributed by atoms with E-state index >= 15 is 0 Å². The maximum Gasteiger partial charge on any atom is 0.317 e. The molecule has 0 bridgehead atoms. The summed E-state index contributed by atoms with van der Waals surface area (Å²) < 4.78 is 0. The summed E-state index contributed by atoms with van der Waals surface area (Å²) in [6, 6.07) is 11.1. The smallest absolute Gasteiger partial charge is 0.317 e. The molecule has 5 heteroatoms. The first-order chi connectivity index (χ1) is 11.5. The maximum atomic E-state index is 12.3. The third kappa shape index (κ3) is 5.21. The Labute approximate surface area is 146 Å². The number of likely N-dealkylation sites (N-methyl/N-ethyl adjacent to an activating group) is 2. The molecular formula is C19H32N4O. The first-order valence-corrected chi connectivity index (χ1v) is 8.88. The number of rotatable bonds is 6. The zero-order valence-electron chi connectivity index (χ0n) is 15.5. The summed E-state index contributed by atoms with van der Waals surface area (Å²) in [5, 5.41) is 3.14. The van der Waals surface area contributed by atoms with E-state index in [1.54, 1.807) is 4.90 Å². The van der Waals surface area contributed by atoms with Crippen molar-refractivity contribution in [3.05, 3.63) is 35.9 Å². The van der Waals surface area contributed by atoms with Crippen LogP contribution in [0.25, 0.3) is 0 Å². The summed E-state index contributed by atoms with van der Waals surface area (Å²) in [5.41, 5.74) is 1.35. The molecule has 1 aliphatic heterocycles. The number of amides is 2. The molecule has 1 N–H and O–H groups in total. The third-order valence-electron chi connectivity index (χ3n) is 4.89. The zero-order chi connectivity index (χ0) is 17.5. The Kier molecular flexibility index (Phi) is 7.06. The minimum atomic E-state index is 0.0249. The topological polar surface area (TPSA) is 38.8 Å². The van der Waals surface area contributed by atoms with E-state index in [4.69, 9.17) is 0 Å². The van der Waals surface area contributed by atoms with Crippen molar-refractivity contribution in [2.75, 3.05) is 54.4 Å². The Bertz CT molecular complexity index is 505. The van der Waals surface area contributed by atoms with Gasteiger partial charge in [-0.2, -0.15) is 0 Å². The fraction of sp³-hybridized carbons (Fsp3) is 0.632. The standard InChI is InChI=1S/C19H32N4O/c1-21(2)13-14-23(4)19(24)20-15-17-11-8-12-22(3)18(17)16-9-6-5-7-10-16/h5-7,9-10,17-18H,8,11-15H2,1-4H3,(H,20,24). The monoisotopic (exact) mass is 332 g/mol. The van der Waals surface area contributed by atoms with E-state index in [0.29, 0.717) is 12.0 Å². The van der Waals surface area contributed by atoms with Crippen molar-refractivity contribution in [2.45, 2.75) is 18.9 Å². The SMILES string of the molecule is CN(C)CCN(C)C(=O)NCC1CCCN(C)C1c1ccccc1. The van der Waals surface area contributed by atoms with Gasteiger partial charge in [0.15, 0.2) is 0 Å². The lowest BCUT2D eigenvalue weighted by molar-refractivity contribution is 0.118. The van der Waals surface area contributed by atoms with Gasteiger partial charge in [0, 0.05) is 32.7 Å². The van der Waals surface area contributed by atoms with Crippen LogP contribution in [0.1, 0.15) is 24.4 Å². The largest absolute Gasteiger partial charge is 0.338 e. The summed E-state index contributed by atoms with van der Waals surface area (Å²) in [7, 11) is 8.09. The first-order valence-electron chi connectivity index (χ1n) is 8.88. The van der Waals surface area contributed by atoms with Gasteiger partial charge in [-0.1, -0.05) is 30.3 Å². The first kappa shape index (κ1) is 18.7. The molecule has 134 valence electrons. The van der Waals surface area contributed by atoms with E-state index in [2.05, 4.69) is 52.5 Å². The number of likely N-dealkylation sites (tertiary alicyclic amines) is 1. The highest BCUT2D eigenvalue weighted by atomic mass is 16.2. The Morgan fingerprint density at radius 1 is 1.21 bits per heavy atom. The summed E-state index contributed by atoms with van der Waals surface area (Å²) in [5.74, 6) is 0.456. The number of urea groups is 1. The van der Waals surface area contributed by atoms with Crippen LogP contribution in [0.15, 0.2) is 30.3 Å². The average molecular weight is 332 g/mol. The van der Waals surface area contributed by atoms with E-state index in [1.807, 2.05) is 21.1 Å². The molecular weight excluding hydrogens is 300 g/mol. The number of piperidine rings is 1. The highest BCUT2D eigenvalue weighted by Gasteiger charge is 2.30. The molecule has 24 heavy (non-hydrogen) atoms. The van der Waals surface area contributed by atoms with E-state index < -0.39 is 0 Å². The van der Waals surface area contributed by atoms with Crippen LogP contribution in [-0.4, -0.2) is 75.1 Å². The zero-order valence-corrected chi connectivity index (χ0v) is 15.5. The Morgan fingerprint density at radius 3 is 2.58 bits per heavy atom. The second kappa shape index (κ2) is 9.04. The molecule has 5 nitrogen and oxygen atoms in total. The van der Waals surface area contributed by atoms with Gasteiger partial charge in [0.05, 0.1) is 0 Å². The van der Waals surface area contributed by atoms with Crippen LogP contribution in [-0.2, 0) is 0 Å². The van der Waals surface area contributed by atoms with E-state index in [1.165, 1.54) is 12.0 Å². The van der Waals surface area contributed by atoms with Crippen LogP contribution in [0.3, 0.4) is 0 Å². The van der Waals surface area contributed by atoms with Gasteiger partial charge in [-0.3, -0.25) is 4.90 Å². The minimum absolute atomic E-state index is 0.0249. The van der Waals surface area contributed by atoms with Crippen LogP contribution >= 0.6 is 0 Å². The fourth-order valence-corrected chi connectivity index (χ4v) is 3.46. The van der Waals surface area contributed by atoms with Gasteiger partial charge >= 0.3 is 6.03 Å². The van der Waals surface area contributed by atoms with Gasteiger partial charge < -0.3 is 15.1 Å². The Morgan fingerprint density at radius 2 is 1.92 bits per heavy atom. The van der Waals surface area contributed by atoms with Gasteiger partial charge in [0.2, 0.25) is 0 Å². The molecule has 0 saturated carbocycles. The van der Waals surface area contributed by atoms with Crippen LogP contribution in [0.4, 0.5) is 4.79 Å². The third-order valence-corrected chi connectivity index (χ3v) is 4.89. The van der Waals surface area contributed by atoms with Crippen LogP contribution in [0.5, 0.6) is 0 Å². The van der Waals surface area contributed by atoms with Crippen molar-refractivity contribution in [3.8, 4) is 0 Å². The Balaban J connectivity index is 1.93. The van der Waals surface area contributed by atoms with Crippen molar-refractivity contribution in [1.82, 2.24) is 20.0 Å². The van der Waals surface area contributed by atoms with E-state index in [0.717, 1.165) is 32.6 Å². The second-order valence-corrected chi connectivity index (χ2v) is 7.15. The van der Waals surface area contributed by atoms with Gasteiger partial charge in [-0.15, -0.1) is 0 Å². The lowest BCUT2D eigenvalue weighted by Gasteiger charge is -2.40. The molecule has 0 radical (unpaired) electrons. The van der Waals surface area contributed by atoms with Crippen molar-refractivity contribution >= 4 is 6.03 Å². The number of nitrogens with zero attached hydrogens (tertiary/aromatic N) is 3. The average Bonchev–Trinajstić information content (AvgIpc) is 2.58. The van der Waals surface area contributed by atoms with Crippen molar-refractivity contribution < 1.29 is 4.79 Å². The number of carbonyl (C=O) groups excluding carboxylic acids is 1. The summed E-state index contributed by atoms with van der Waals surface area (Å²) in [6.07, 6.45) is 2.35. The normalized spacial score (nSPS) is 21.7. The quantitative estimate of drug-likeness (QED) is 0.868. The number of nitrogens with one attached hydrogen (secondary N) is 1. The van der Waals surface area contributed by atoms with Gasteiger partial charge in [-0.25, -0.2) is 4.79 Å². The predicted molar refractivity (Wildman–Crippen MR) is 99.1 cm³/mol. The lowest BCUT2D eigenvalue weighted by Crippen LogP contribution is -2.45. The minimum Gasteiger partial charge on any atom is -0.338 e. The molecule has 1 aliphatic rings. The Hall–Kier alpha value is -1.59. The summed E-state index contributed by atoms with van der Waals surface area (Å²) in [6.45, 7) is 3.47. The second-order valence-electron chi connectivity index (χ2n) is 7.15. The number of hydrogen-bond donors (Lipinski definition) is 1. The molecule has 0 aliphatic carbocycles. The fourth-order valence-electron chi connectivity index (χ4n) is 3.46. The summed E-state index contributed by atoms with van der Waals surface area (Å²) >= 11 is 0. The predicted octanol–water partition coefficient (Wildman–Crippen LogP) is 2.27. The van der Waals surface area contributed by atoms with Gasteiger partial charge in [0.25, 0.3) is 0 Å². The van der Waals surface area contributed by atoms with Crippen LogP contribution in [0.2, 0.25) is 0 Å². The number of carbonyl (C=O) groups is 1. The molecule has 2 amide bonds. The maximum absolute atomic E-state index is 12.3. The van der Waals surface area contributed by atoms with Crippen molar-refractivity contribution in [3.63, 3.8) is 0 Å². The molecule has 2 rings (SSSR count). The molecule has 0 spiro atoms. The van der Waals surface area contributed by atoms with Crippen molar-refractivity contribution in [2.24, 2.45) is 5.92 Å². The highest BCUT2D eigenvalue weighted by Crippen LogP contribution is 2.34. The van der Waals surface area contributed by atoms with Crippen molar-refractivity contribution in [1.29, 1.82) is 0 Å².